The molecule has 0 aliphatic heterocycles. The van der Waals surface area contributed by atoms with E-state index in [1.54, 1.807) is 18.2 Å². The molecule has 0 unspecified atom stereocenters. The second kappa shape index (κ2) is 5.66. The lowest BCUT2D eigenvalue weighted by molar-refractivity contribution is -0.137. The summed E-state index contributed by atoms with van der Waals surface area (Å²) in [4.78, 5) is 23.9. The first-order valence-corrected chi connectivity index (χ1v) is 7.11. The quantitative estimate of drug-likeness (QED) is 0.698. The van der Waals surface area contributed by atoms with Crippen LogP contribution in [0.25, 0.3) is 16.6 Å². The lowest BCUT2D eigenvalue weighted by atomic mass is 10.1. The van der Waals surface area contributed by atoms with Gasteiger partial charge >= 0.3 is 6.18 Å². The zero-order chi connectivity index (χ0) is 18.4. The second-order valence-electron chi connectivity index (χ2n) is 5.43. The van der Waals surface area contributed by atoms with E-state index >= 15 is 0 Å². The largest absolute Gasteiger partial charge is 0.416 e. The minimum atomic E-state index is -4.59. The number of pyridine rings is 1. The van der Waals surface area contributed by atoms with Crippen molar-refractivity contribution in [2.24, 2.45) is 5.73 Å². The Labute approximate surface area is 139 Å². The molecule has 0 aliphatic rings. The average Bonchev–Trinajstić information content (AvgIpc) is 2.53. The van der Waals surface area contributed by atoms with Crippen molar-refractivity contribution in [2.45, 2.75) is 6.18 Å². The number of nitrogens with two attached hydrogens (primary N) is 2. The van der Waals surface area contributed by atoms with Crippen molar-refractivity contribution in [3.8, 4) is 5.69 Å². The third-order valence-corrected chi connectivity index (χ3v) is 3.72. The van der Waals surface area contributed by atoms with E-state index in [0.29, 0.717) is 5.52 Å². The molecule has 8 heteroatoms. The maximum absolute atomic E-state index is 13.1. The molecule has 25 heavy (non-hydrogen) atoms. The topological polar surface area (TPSA) is 91.1 Å². The molecular formula is C17H12F3N3O2. The normalized spacial score (nSPS) is 11.6. The molecule has 0 saturated carbocycles. The number of hydrogen-bond acceptors (Lipinski definition) is 3. The van der Waals surface area contributed by atoms with Gasteiger partial charge in [0.2, 0.25) is 5.43 Å². The standard InChI is InChI=1S/C17H12F3N3O2/c18-17(19,20)9-5-10(21)7-11(6-9)23-8-13(16(22)25)15(24)12-3-1-2-4-14(12)23/h1-8H,21H2,(H2,22,25). The number of anilines is 1. The molecular weight excluding hydrogens is 335 g/mol. The number of hydrogen-bond donors (Lipinski definition) is 2. The van der Waals surface area contributed by atoms with E-state index in [0.717, 1.165) is 18.3 Å². The fourth-order valence-electron chi connectivity index (χ4n) is 2.60. The molecule has 0 fully saturated rings. The average molecular weight is 347 g/mol. The minimum absolute atomic E-state index is 0.0611. The maximum Gasteiger partial charge on any atom is 0.416 e. The Hall–Kier alpha value is -3.29. The first-order chi connectivity index (χ1) is 11.7. The van der Waals surface area contributed by atoms with E-state index in [-0.39, 0.29) is 22.3 Å². The number of benzene rings is 2. The predicted octanol–water partition coefficient (Wildman–Crippen LogP) is 2.69. The highest BCUT2D eigenvalue weighted by Crippen LogP contribution is 2.32. The Morgan fingerprint density at radius 3 is 2.40 bits per heavy atom. The molecule has 1 amide bonds. The molecule has 128 valence electrons. The summed E-state index contributed by atoms with van der Waals surface area (Å²) in [6.07, 6.45) is -3.46. The highest BCUT2D eigenvalue weighted by molar-refractivity contribution is 5.96. The number of halogens is 3. The maximum atomic E-state index is 13.1. The molecule has 2 aromatic carbocycles. The first kappa shape index (κ1) is 16.6. The number of fused-ring (bicyclic) bond motifs is 1. The molecule has 0 radical (unpaired) electrons. The van der Waals surface area contributed by atoms with Crippen molar-refractivity contribution in [3.63, 3.8) is 0 Å². The minimum Gasteiger partial charge on any atom is -0.399 e. The Kier molecular flexibility index (Phi) is 3.75. The first-order valence-electron chi connectivity index (χ1n) is 7.11. The van der Waals surface area contributed by atoms with Crippen LogP contribution in [0.4, 0.5) is 18.9 Å². The van der Waals surface area contributed by atoms with Crippen LogP contribution in [-0.2, 0) is 6.18 Å². The molecule has 1 aromatic heterocycles. The summed E-state index contributed by atoms with van der Waals surface area (Å²) in [5, 5.41) is 0.162. The summed E-state index contributed by atoms with van der Waals surface area (Å²) in [6.45, 7) is 0. The number of para-hydroxylation sites is 1. The van der Waals surface area contributed by atoms with E-state index in [1.807, 2.05) is 0 Å². The number of rotatable bonds is 2. The van der Waals surface area contributed by atoms with E-state index in [1.165, 1.54) is 16.7 Å². The number of nitrogen functional groups attached to an aromatic ring is 1. The number of aromatic nitrogens is 1. The van der Waals surface area contributed by atoms with Gasteiger partial charge in [0.05, 0.1) is 11.1 Å². The van der Waals surface area contributed by atoms with Gasteiger partial charge in [0.1, 0.15) is 5.56 Å². The molecule has 3 rings (SSSR count). The molecule has 3 aromatic rings. The SMILES string of the molecule is NC(=O)c1cn(-c2cc(N)cc(C(F)(F)F)c2)c2ccccc2c1=O. The molecule has 0 saturated heterocycles. The summed E-state index contributed by atoms with van der Waals surface area (Å²) < 4.78 is 40.5. The van der Waals surface area contributed by atoms with Crippen LogP contribution < -0.4 is 16.9 Å². The molecule has 5 nitrogen and oxygen atoms in total. The van der Waals surface area contributed by atoms with Gasteiger partial charge in [-0.15, -0.1) is 0 Å². The Morgan fingerprint density at radius 2 is 1.76 bits per heavy atom. The van der Waals surface area contributed by atoms with Crippen LogP contribution in [-0.4, -0.2) is 10.5 Å². The van der Waals surface area contributed by atoms with Crippen molar-refractivity contribution < 1.29 is 18.0 Å². The Bertz CT molecular complexity index is 1060. The van der Waals surface area contributed by atoms with Gasteiger partial charge in [0, 0.05) is 23.0 Å². The van der Waals surface area contributed by atoms with Crippen molar-refractivity contribution in [2.75, 3.05) is 5.73 Å². The molecule has 1 heterocycles. The van der Waals surface area contributed by atoms with Gasteiger partial charge < -0.3 is 16.0 Å². The number of amides is 1. The third-order valence-electron chi connectivity index (χ3n) is 3.72. The zero-order valence-electron chi connectivity index (χ0n) is 12.7. The van der Waals surface area contributed by atoms with Crippen LogP contribution in [0.1, 0.15) is 15.9 Å². The summed E-state index contributed by atoms with van der Waals surface area (Å²) in [7, 11) is 0. The van der Waals surface area contributed by atoms with E-state index in [9.17, 15) is 22.8 Å². The number of alkyl halides is 3. The van der Waals surface area contributed by atoms with Gasteiger partial charge in [0.25, 0.3) is 5.91 Å². The van der Waals surface area contributed by atoms with Gasteiger partial charge in [-0.2, -0.15) is 13.2 Å². The van der Waals surface area contributed by atoms with Gasteiger partial charge in [-0.05, 0) is 30.3 Å². The highest BCUT2D eigenvalue weighted by Gasteiger charge is 2.31. The van der Waals surface area contributed by atoms with Crippen molar-refractivity contribution in [1.29, 1.82) is 0 Å². The zero-order valence-corrected chi connectivity index (χ0v) is 12.7. The summed E-state index contributed by atoms with van der Waals surface area (Å²) >= 11 is 0. The smallest absolute Gasteiger partial charge is 0.399 e. The fraction of sp³-hybridized carbons (Fsp3) is 0.0588. The fourth-order valence-corrected chi connectivity index (χ4v) is 2.60. The van der Waals surface area contributed by atoms with E-state index in [4.69, 9.17) is 11.5 Å². The van der Waals surface area contributed by atoms with Gasteiger partial charge in [-0.3, -0.25) is 9.59 Å². The van der Waals surface area contributed by atoms with Crippen molar-refractivity contribution in [1.82, 2.24) is 4.57 Å². The van der Waals surface area contributed by atoms with Crippen LogP contribution in [0.3, 0.4) is 0 Å². The molecule has 0 atom stereocenters. The molecule has 0 aliphatic carbocycles. The predicted molar refractivity (Wildman–Crippen MR) is 87.5 cm³/mol. The van der Waals surface area contributed by atoms with Gasteiger partial charge in [-0.25, -0.2) is 0 Å². The monoisotopic (exact) mass is 347 g/mol. The van der Waals surface area contributed by atoms with Crippen LogP contribution in [0, 0.1) is 0 Å². The number of primary amides is 1. The number of carbonyl (C=O) groups is 1. The lowest BCUT2D eigenvalue weighted by Crippen LogP contribution is -2.24. The van der Waals surface area contributed by atoms with Crippen molar-refractivity contribution in [3.05, 3.63) is 70.0 Å². The summed E-state index contributed by atoms with van der Waals surface area (Å²) in [6, 6.07) is 9.24. The number of nitrogens with zero attached hydrogens (tertiary/aromatic N) is 1. The summed E-state index contributed by atoms with van der Waals surface area (Å²) in [5.41, 5.74) is 9.26. The van der Waals surface area contributed by atoms with Crippen LogP contribution in [0.15, 0.2) is 53.5 Å². The molecule has 0 spiro atoms. The molecule has 0 bridgehead atoms. The second-order valence-corrected chi connectivity index (χ2v) is 5.43. The van der Waals surface area contributed by atoms with Crippen LogP contribution in [0.2, 0.25) is 0 Å². The Balaban J connectivity index is 2.40. The van der Waals surface area contributed by atoms with Gasteiger partial charge in [0.15, 0.2) is 0 Å². The van der Waals surface area contributed by atoms with Gasteiger partial charge in [-0.1, -0.05) is 12.1 Å². The Morgan fingerprint density at radius 1 is 1.08 bits per heavy atom. The summed E-state index contributed by atoms with van der Waals surface area (Å²) in [5.74, 6) is -0.968. The lowest BCUT2D eigenvalue weighted by Gasteiger charge is -2.15. The highest BCUT2D eigenvalue weighted by atomic mass is 19.4. The van der Waals surface area contributed by atoms with Crippen LogP contribution in [0.5, 0.6) is 0 Å². The van der Waals surface area contributed by atoms with Crippen LogP contribution >= 0.6 is 0 Å². The number of carbonyl (C=O) groups excluding carboxylic acids is 1. The van der Waals surface area contributed by atoms with Crippen molar-refractivity contribution >= 4 is 22.5 Å². The van der Waals surface area contributed by atoms with E-state index < -0.39 is 23.1 Å². The van der Waals surface area contributed by atoms with E-state index in [2.05, 4.69) is 0 Å². The third kappa shape index (κ3) is 2.93. The molecule has 4 N–H and O–H groups in total.